The molecule has 53 heavy (non-hydrogen) atoms. The first kappa shape index (κ1) is 38.8. The lowest BCUT2D eigenvalue weighted by Crippen LogP contribution is -2.65. The van der Waals surface area contributed by atoms with Crippen molar-refractivity contribution in [2.24, 2.45) is 0 Å². The van der Waals surface area contributed by atoms with E-state index in [4.69, 9.17) is 32.8 Å². The van der Waals surface area contributed by atoms with Gasteiger partial charge in [0.1, 0.15) is 77.4 Å². The fraction of sp³-hybridized carbons (Fsp3) is 0.545. The third-order valence-electron chi connectivity index (χ3n) is 9.37. The van der Waals surface area contributed by atoms with Crippen molar-refractivity contribution in [1.82, 2.24) is 0 Å². The molecule has 0 amide bonds. The highest BCUT2D eigenvalue weighted by Crippen LogP contribution is 2.40. The molecule has 2 aromatic carbocycles. The molecule has 3 fully saturated rings. The van der Waals surface area contributed by atoms with Gasteiger partial charge in [0.2, 0.25) is 17.5 Å². The Balaban J connectivity index is 1.40. The zero-order chi connectivity index (χ0) is 38.6. The van der Waals surface area contributed by atoms with E-state index in [0.717, 1.165) is 24.3 Å². The minimum Gasteiger partial charge on any atom is -0.508 e. The summed E-state index contributed by atoms with van der Waals surface area (Å²) < 4.78 is 40.1. The number of rotatable bonds is 8. The molecule has 12 N–H and O–H groups in total. The molecule has 0 radical (unpaired) electrons. The summed E-state index contributed by atoms with van der Waals surface area (Å²) in [5, 5.41) is 125. The normalized spacial score (nSPS) is 37.8. The second-order valence-corrected chi connectivity index (χ2v) is 13.1. The summed E-state index contributed by atoms with van der Waals surface area (Å²) in [6.45, 7) is 2.05. The van der Waals surface area contributed by atoms with Crippen molar-refractivity contribution in [2.45, 2.75) is 106 Å². The first-order valence-corrected chi connectivity index (χ1v) is 16.4. The van der Waals surface area contributed by atoms with Gasteiger partial charge in [0.15, 0.2) is 35.9 Å². The Morgan fingerprint density at radius 1 is 0.642 bits per heavy atom. The third-order valence-corrected chi connectivity index (χ3v) is 9.37. The number of phenolic OH excluding ortho intramolecular Hbond substituents is 4. The van der Waals surface area contributed by atoms with Crippen LogP contribution in [0.5, 0.6) is 28.7 Å². The molecule has 4 heterocycles. The van der Waals surface area contributed by atoms with Crippen molar-refractivity contribution in [3.8, 4) is 40.1 Å². The van der Waals surface area contributed by atoms with Crippen molar-refractivity contribution in [1.29, 1.82) is 0 Å². The molecule has 3 saturated heterocycles. The molecule has 292 valence electrons. The Morgan fingerprint density at radius 3 is 1.91 bits per heavy atom. The Kier molecular flexibility index (Phi) is 11.1. The van der Waals surface area contributed by atoms with Gasteiger partial charge in [-0.05, 0) is 32.0 Å². The summed E-state index contributed by atoms with van der Waals surface area (Å²) in [5.41, 5.74) is -1.54. The zero-order valence-corrected chi connectivity index (χ0v) is 27.9. The number of aromatic hydroxyl groups is 4. The lowest BCUT2D eigenvalue weighted by Gasteiger charge is -2.46. The topological polar surface area (TPSA) is 328 Å². The van der Waals surface area contributed by atoms with E-state index in [1.54, 1.807) is 0 Å². The highest BCUT2D eigenvalue weighted by Gasteiger charge is 2.52. The van der Waals surface area contributed by atoms with Crippen LogP contribution in [0.4, 0.5) is 0 Å². The van der Waals surface area contributed by atoms with Crippen LogP contribution in [0.15, 0.2) is 39.5 Å². The number of benzene rings is 2. The van der Waals surface area contributed by atoms with Crippen LogP contribution in [0.1, 0.15) is 13.8 Å². The van der Waals surface area contributed by atoms with Gasteiger partial charge in [0.25, 0.3) is 0 Å². The molecule has 3 aliphatic rings. The summed E-state index contributed by atoms with van der Waals surface area (Å²) in [4.78, 5) is 14.0. The molecule has 0 bridgehead atoms. The van der Waals surface area contributed by atoms with Crippen LogP contribution in [0.3, 0.4) is 0 Å². The van der Waals surface area contributed by atoms with Crippen molar-refractivity contribution < 1.29 is 94.1 Å². The number of aliphatic hydroxyl groups excluding tert-OH is 8. The molecular weight excluding hydrogens is 716 g/mol. The minimum atomic E-state index is -2.04. The van der Waals surface area contributed by atoms with Crippen LogP contribution in [0, 0.1) is 0 Å². The predicted molar refractivity (Wildman–Crippen MR) is 171 cm³/mol. The van der Waals surface area contributed by atoms with E-state index in [-0.39, 0.29) is 11.1 Å². The largest absolute Gasteiger partial charge is 0.508 e. The summed E-state index contributed by atoms with van der Waals surface area (Å²) in [5.74, 6) is -3.68. The van der Waals surface area contributed by atoms with Crippen LogP contribution in [-0.2, 0) is 23.7 Å². The van der Waals surface area contributed by atoms with E-state index >= 15 is 0 Å². The standard InChI is InChI=1S/C33H40O20/c1-9-19(38)23(42)26(45)31(48-9)47-8-17-21(40)25(44)30(53-32-27(46)24(43)20(39)10(2)49-32)33(51-17)52-29-22(41)18-15(37)6-12(34)7-16(18)50-28(29)11-3-4-13(35)14(36)5-11/h3-7,9-10,17,19-21,23-27,30-40,42-46H,8H2,1-2H3/t9-,10-,17+,19-,20-,21-,23+,24+,25-,26+,27+,30+,31+,32+,33-/m0/s1. The molecule has 15 atom stereocenters. The smallest absolute Gasteiger partial charge is 0.239 e. The van der Waals surface area contributed by atoms with Gasteiger partial charge in [-0.3, -0.25) is 4.79 Å². The number of hydrogen-bond acceptors (Lipinski definition) is 20. The van der Waals surface area contributed by atoms with Crippen molar-refractivity contribution in [3.63, 3.8) is 0 Å². The van der Waals surface area contributed by atoms with Gasteiger partial charge in [-0.1, -0.05) is 0 Å². The van der Waals surface area contributed by atoms with Crippen LogP contribution >= 0.6 is 0 Å². The van der Waals surface area contributed by atoms with E-state index in [9.17, 15) is 66.1 Å². The lowest BCUT2D eigenvalue weighted by molar-refractivity contribution is -0.360. The highest BCUT2D eigenvalue weighted by molar-refractivity contribution is 5.88. The number of phenols is 4. The quantitative estimate of drug-likeness (QED) is 0.103. The Morgan fingerprint density at radius 2 is 1.26 bits per heavy atom. The summed E-state index contributed by atoms with van der Waals surface area (Å²) >= 11 is 0. The molecule has 1 aromatic heterocycles. The van der Waals surface area contributed by atoms with E-state index in [0.29, 0.717) is 0 Å². The average molecular weight is 757 g/mol. The molecule has 0 saturated carbocycles. The van der Waals surface area contributed by atoms with Gasteiger partial charge in [0, 0.05) is 17.7 Å². The van der Waals surface area contributed by atoms with Gasteiger partial charge in [-0.25, -0.2) is 0 Å². The maximum atomic E-state index is 14.0. The summed E-state index contributed by atoms with van der Waals surface area (Å²) in [7, 11) is 0. The van der Waals surface area contributed by atoms with Gasteiger partial charge >= 0.3 is 0 Å². The molecule has 20 heteroatoms. The second kappa shape index (κ2) is 15.1. The van der Waals surface area contributed by atoms with Gasteiger partial charge < -0.3 is 94.1 Å². The number of hydrogen-bond donors (Lipinski definition) is 12. The number of aliphatic hydroxyl groups is 8. The average Bonchev–Trinajstić information content (AvgIpc) is 3.11. The van der Waals surface area contributed by atoms with Crippen molar-refractivity contribution in [3.05, 3.63) is 40.6 Å². The van der Waals surface area contributed by atoms with Gasteiger partial charge in [-0.15, -0.1) is 0 Å². The minimum absolute atomic E-state index is 0.0962. The molecule has 0 unspecified atom stereocenters. The van der Waals surface area contributed by atoms with E-state index in [1.807, 2.05) is 0 Å². The molecular formula is C33H40O20. The molecule has 3 aliphatic heterocycles. The third kappa shape index (κ3) is 7.34. The molecule has 0 spiro atoms. The van der Waals surface area contributed by atoms with E-state index < -0.39 is 144 Å². The van der Waals surface area contributed by atoms with Crippen LogP contribution < -0.4 is 10.2 Å². The maximum Gasteiger partial charge on any atom is 0.239 e. The Hall–Kier alpha value is -3.87. The Labute approximate surface area is 298 Å². The predicted octanol–water partition coefficient (Wildman–Crippen LogP) is -2.84. The highest BCUT2D eigenvalue weighted by atomic mass is 16.8. The molecule has 6 rings (SSSR count). The van der Waals surface area contributed by atoms with Crippen LogP contribution in [0.2, 0.25) is 0 Å². The maximum absolute atomic E-state index is 14.0. The number of ether oxygens (including phenoxy) is 6. The Bertz CT molecular complexity index is 1830. The van der Waals surface area contributed by atoms with E-state index in [1.165, 1.54) is 19.9 Å². The second-order valence-electron chi connectivity index (χ2n) is 13.1. The van der Waals surface area contributed by atoms with E-state index in [2.05, 4.69) is 0 Å². The summed E-state index contributed by atoms with van der Waals surface area (Å²) in [6, 6.07) is 5.09. The van der Waals surface area contributed by atoms with Crippen molar-refractivity contribution in [2.75, 3.05) is 6.61 Å². The zero-order valence-electron chi connectivity index (χ0n) is 27.9. The van der Waals surface area contributed by atoms with Crippen LogP contribution in [0.25, 0.3) is 22.3 Å². The molecule has 0 aliphatic carbocycles. The first-order valence-electron chi connectivity index (χ1n) is 16.4. The summed E-state index contributed by atoms with van der Waals surface area (Å²) in [6.07, 6.45) is -25.1. The fourth-order valence-corrected chi connectivity index (χ4v) is 6.25. The van der Waals surface area contributed by atoms with Gasteiger partial charge in [-0.2, -0.15) is 0 Å². The van der Waals surface area contributed by atoms with Gasteiger partial charge in [0.05, 0.1) is 18.8 Å². The molecule has 20 nitrogen and oxygen atoms in total. The number of fused-ring (bicyclic) bond motifs is 1. The SMILES string of the molecule is C[C@@H]1O[C@@H](OC[C@H]2O[C@@H](Oc3c(-c4ccc(O)c(O)c4)oc4cc(O)cc(O)c4c3=O)[C@H](O[C@H]3O[C@@H](C)[C@H](O)[C@@H](O)[C@H]3O)[C@@H](O)[C@H]2O)[C@H](O)[C@H](O)[C@H]1O. The van der Waals surface area contributed by atoms with Crippen LogP contribution in [-0.4, -0.2) is 160 Å². The monoisotopic (exact) mass is 756 g/mol. The molecule has 3 aromatic rings. The fourth-order valence-electron chi connectivity index (χ4n) is 6.25. The van der Waals surface area contributed by atoms with Crippen molar-refractivity contribution >= 4 is 11.0 Å². The lowest BCUT2D eigenvalue weighted by atomic mass is 9.97. The first-order chi connectivity index (χ1) is 25.0.